The van der Waals surface area contributed by atoms with E-state index in [-0.39, 0.29) is 22.8 Å². The molecule has 0 saturated carbocycles. The molecule has 0 saturated heterocycles. The third kappa shape index (κ3) is 4.48. The van der Waals surface area contributed by atoms with Crippen molar-refractivity contribution >= 4 is 57.0 Å². The molecule has 0 aliphatic carbocycles. The zero-order valence-electron chi connectivity index (χ0n) is 17.3. The maximum absolute atomic E-state index is 13.1. The Morgan fingerprint density at radius 3 is 2.84 bits per heavy atom. The van der Waals surface area contributed by atoms with Gasteiger partial charge in [0, 0.05) is 22.6 Å². The Bertz CT molecular complexity index is 1330. The molecule has 2 aromatic heterocycles. The van der Waals surface area contributed by atoms with E-state index in [0.717, 1.165) is 23.8 Å². The van der Waals surface area contributed by atoms with Gasteiger partial charge < -0.3 is 9.73 Å². The highest BCUT2D eigenvalue weighted by atomic mass is 35.5. The fourth-order valence-electron chi connectivity index (χ4n) is 3.27. The lowest BCUT2D eigenvalue weighted by molar-refractivity contribution is -0.113. The maximum atomic E-state index is 13.1. The van der Waals surface area contributed by atoms with Crippen LogP contribution in [0.15, 0.2) is 56.8 Å². The van der Waals surface area contributed by atoms with E-state index in [1.54, 1.807) is 10.6 Å². The second-order valence-electron chi connectivity index (χ2n) is 7.28. The van der Waals surface area contributed by atoms with E-state index in [1.165, 1.54) is 11.8 Å². The summed E-state index contributed by atoms with van der Waals surface area (Å²) in [6.45, 7) is 4.48. The number of rotatable bonds is 7. The zero-order chi connectivity index (χ0) is 22.0. The largest absolute Gasteiger partial charge is 0.448 e. The number of unbranched alkanes of at least 4 members (excludes halogenated alkanes) is 1. The van der Waals surface area contributed by atoms with Gasteiger partial charge in [0.15, 0.2) is 5.16 Å². The second kappa shape index (κ2) is 9.16. The minimum absolute atomic E-state index is 0.116. The smallest absolute Gasteiger partial charge is 0.297 e. The van der Waals surface area contributed by atoms with Crippen molar-refractivity contribution in [3.63, 3.8) is 0 Å². The number of fused-ring (bicyclic) bond motifs is 3. The monoisotopic (exact) mass is 455 g/mol. The van der Waals surface area contributed by atoms with Gasteiger partial charge >= 0.3 is 0 Å². The van der Waals surface area contributed by atoms with Crippen LogP contribution in [-0.4, -0.2) is 21.2 Å². The Hall–Kier alpha value is -2.77. The maximum Gasteiger partial charge on any atom is 0.297 e. The van der Waals surface area contributed by atoms with Gasteiger partial charge in [0.25, 0.3) is 5.56 Å². The predicted molar refractivity (Wildman–Crippen MR) is 126 cm³/mol. The molecule has 4 aromatic rings. The number of nitrogens with one attached hydrogen (secondary N) is 1. The van der Waals surface area contributed by atoms with Crippen LogP contribution in [0.5, 0.6) is 0 Å². The van der Waals surface area contributed by atoms with Gasteiger partial charge in [-0.15, -0.1) is 0 Å². The molecule has 0 radical (unpaired) electrons. The molecule has 0 atom stereocenters. The standard InChI is InChI=1S/C23H22ClN3O3S/c1-3-4-11-27-22(29)21-20(16-7-5-6-8-18(16)30-21)26-23(27)31-13-19(28)25-15-10-9-14(2)17(24)12-15/h5-10,12H,3-4,11,13H2,1-2H3,(H,25,28). The zero-order valence-corrected chi connectivity index (χ0v) is 18.8. The number of halogens is 1. The molecule has 160 valence electrons. The van der Waals surface area contributed by atoms with Gasteiger partial charge in [0.1, 0.15) is 11.1 Å². The number of carbonyl (C=O) groups excluding carboxylic acids is 1. The van der Waals surface area contributed by atoms with Gasteiger partial charge in [-0.1, -0.05) is 54.9 Å². The van der Waals surface area contributed by atoms with Crippen LogP contribution in [0.2, 0.25) is 5.02 Å². The number of furan rings is 1. The normalized spacial score (nSPS) is 11.3. The topological polar surface area (TPSA) is 77.1 Å². The summed E-state index contributed by atoms with van der Waals surface area (Å²) in [6, 6.07) is 12.8. The van der Waals surface area contributed by atoms with E-state index in [9.17, 15) is 9.59 Å². The Labute approximate surface area is 188 Å². The van der Waals surface area contributed by atoms with Gasteiger partial charge in [-0.05, 0) is 43.2 Å². The number of aryl methyl sites for hydroxylation is 1. The first-order valence-corrected chi connectivity index (χ1v) is 11.4. The van der Waals surface area contributed by atoms with Crippen LogP contribution in [0.3, 0.4) is 0 Å². The van der Waals surface area contributed by atoms with Gasteiger partial charge in [-0.25, -0.2) is 4.98 Å². The van der Waals surface area contributed by atoms with Crippen molar-refractivity contribution in [2.45, 2.75) is 38.4 Å². The summed E-state index contributed by atoms with van der Waals surface area (Å²) >= 11 is 7.37. The van der Waals surface area contributed by atoms with Crippen molar-refractivity contribution in [2.24, 2.45) is 0 Å². The van der Waals surface area contributed by atoms with Crippen molar-refractivity contribution in [3.05, 3.63) is 63.4 Å². The molecule has 31 heavy (non-hydrogen) atoms. The summed E-state index contributed by atoms with van der Waals surface area (Å²) in [5.41, 5.74) is 2.76. The number of nitrogens with zero attached hydrogens (tertiary/aromatic N) is 2. The van der Waals surface area contributed by atoms with Crippen LogP contribution < -0.4 is 10.9 Å². The highest BCUT2D eigenvalue weighted by molar-refractivity contribution is 7.99. The molecule has 2 aromatic carbocycles. The van der Waals surface area contributed by atoms with Gasteiger partial charge in [-0.3, -0.25) is 14.2 Å². The molecule has 0 aliphatic heterocycles. The number of thioether (sulfide) groups is 1. The number of aromatic nitrogens is 2. The van der Waals surface area contributed by atoms with Crippen molar-refractivity contribution in [1.29, 1.82) is 0 Å². The number of hydrogen-bond donors (Lipinski definition) is 1. The van der Waals surface area contributed by atoms with Crippen LogP contribution in [0, 0.1) is 6.92 Å². The average Bonchev–Trinajstić information content (AvgIpc) is 3.13. The average molecular weight is 456 g/mol. The van der Waals surface area contributed by atoms with E-state index >= 15 is 0 Å². The van der Waals surface area contributed by atoms with Crippen molar-refractivity contribution < 1.29 is 9.21 Å². The molecule has 0 spiro atoms. The number of benzene rings is 2. The van der Waals surface area contributed by atoms with Crippen molar-refractivity contribution in [3.8, 4) is 0 Å². The number of carbonyl (C=O) groups is 1. The molecule has 4 rings (SSSR count). The number of hydrogen-bond acceptors (Lipinski definition) is 5. The first-order chi connectivity index (χ1) is 15.0. The molecule has 2 heterocycles. The molecule has 0 fully saturated rings. The minimum atomic E-state index is -0.220. The number of amides is 1. The van der Waals surface area contributed by atoms with Crippen LogP contribution in [0.4, 0.5) is 5.69 Å². The van der Waals surface area contributed by atoms with Crippen LogP contribution >= 0.6 is 23.4 Å². The molecule has 1 N–H and O–H groups in total. The Balaban J connectivity index is 1.63. The van der Waals surface area contributed by atoms with E-state index in [4.69, 9.17) is 21.0 Å². The van der Waals surface area contributed by atoms with Gasteiger partial charge in [0.05, 0.1) is 5.75 Å². The Kier molecular flexibility index (Phi) is 6.34. The SMILES string of the molecule is CCCCn1c(SCC(=O)Nc2ccc(C)c(Cl)c2)nc2c(oc3ccccc32)c1=O. The Morgan fingerprint density at radius 2 is 2.06 bits per heavy atom. The van der Waals surface area contributed by atoms with Crippen molar-refractivity contribution in [1.82, 2.24) is 9.55 Å². The quantitative estimate of drug-likeness (QED) is 0.288. The fraction of sp³-hybridized carbons (Fsp3) is 0.261. The summed E-state index contributed by atoms with van der Waals surface area (Å²) in [5, 5.41) is 4.74. The molecule has 0 bridgehead atoms. The summed E-state index contributed by atoms with van der Waals surface area (Å²) in [4.78, 5) is 30.4. The lowest BCUT2D eigenvalue weighted by Crippen LogP contribution is -2.24. The van der Waals surface area contributed by atoms with Gasteiger partial charge in [0.2, 0.25) is 11.5 Å². The van der Waals surface area contributed by atoms with Gasteiger partial charge in [-0.2, -0.15) is 0 Å². The predicted octanol–water partition coefficient (Wildman–Crippen LogP) is 5.64. The lowest BCUT2D eigenvalue weighted by atomic mass is 10.2. The third-order valence-corrected chi connectivity index (χ3v) is 6.35. The highest BCUT2D eigenvalue weighted by Crippen LogP contribution is 2.27. The summed E-state index contributed by atoms with van der Waals surface area (Å²) in [6.07, 6.45) is 1.76. The third-order valence-electron chi connectivity index (χ3n) is 4.97. The first kappa shape index (κ1) is 21.5. The fourth-order valence-corrected chi connectivity index (χ4v) is 4.27. The van der Waals surface area contributed by atoms with Crippen molar-refractivity contribution in [2.75, 3.05) is 11.1 Å². The van der Waals surface area contributed by atoms with Crippen LogP contribution in [-0.2, 0) is 11.3 Å². The molecular weight excluding hydrogens is 434 g/mol. The summed E-state index contributed by atoms with van der Waals surface area (Å²) in [5.74, 6) is -0.0795. The van der Waals surface area contributed by atoms with E-state index < -0.39 is 0 Å². The van der Waals surface area contributed by atoms with E-state index in [2.05, 4.69) is 12.2 Å². The van der Waals surface area contributed by atoms with Crippen LogP contribution in [0.25, 0.3) is 22.1 Å². The number of anilines is 1. The first-order valence-electron chi connectivity index (χ1n) is 10.1. The van der Waals surface area contributed by atoms with E-state index in [0.29, 0.717) is 33.5 Å². The molecule has 0 unspecified atom stereocenters. The van der Waals surface area contributed by atoms with Crippen LogP contribution in [0.1, 0.15) is 25.3 Å². The molecule has 1 amide bonds. The lowest BCUT2D eigenvalue weighted by Gasteiger charge is -2.11. The summed E-state index contributed by atoms with van der Waals surface area (Å²) < 4.78 is 7.39. The number of para-hydroxylation sites is 1. The highest BCUT2D eigenvalue weighted by Gasteiger charge is 2.18. The summed E-state index contributed by atoms with van der Waals surface area (Å²) in [7, 11) is 0. The van der Waals surface area contributed by atoms with E-state index in [1.807, 2.05) is 43.3 Å². The molecule has 6 nitrogen and oxygen atoms in total. The Morgan fingerprint density at radius 1 is 1.26 bits per heavy atom. The molecule has 8 heteroatoms. The molecule has 0 aliphatic rings. The second-order valence-corrected chi connectivity index (χ2v) is 8.63. The molecular formula is C23H22ClN3O3S. The minimum Gasteiger partial charge on any atom is -0.448 e.